The highest BCUT2D eigenvalue weighted by molar-refractivity contribution is 5.95. The number of hydrogen-bond acceptors (Lipinski definition) is 7. The minimum Gasteiger partial charge on any atom is -0.378 e. The van der Waals surface area contributed by atoms with E-state index in [9.17, 15) is 5.26 Å². The molecule has 4 heterocycles. The van der Waals surface area contributed by atoms with E-state index in [-0.39, 0.29) is 12.1 Å². The molecule has 0 aliphatic carbocycles. The monoisotopic (exact) mass is 468 g/mol. The summed E-state index contributed by atoms with van der Waals surface area (Å²) in [5, 5.41) is 17.8. The van der Waals surface area contributed by atoms with Gasteiger partial charge in [-0.25, -0.2) is 0 Å². The lowest BCUT2D eigenvalue weighted by molar-refractivity contribution is 0.111. The highest BCUT2D eigenvalue weighted by Gasteiger charge is 2.40. The summed E-state index contributed by atoms with van der Waals surface area (Å²) in [5.41, 5.74) is 7.94. The van der Waals surface area contributed by atoms with Crippen LogP contribution in [0.4, 0.5) is 11.4 Å². The summed E-state index contributed by atoms with van der Waals surface area (Å²) in [5.74, 6) is 0. The molecule has 3 aliphatic heterocycles. The van der Waals surface area contributed by atoms with Crippen molar-refractivity contribution in [3.8, 4) is 6.07 Å². The van der Waals surface area contributed by atoms with Gasteiger partial charge in [0, 0.05) is 68.8 Å². The number of pyridine rings is 1. The third kappa shape index (κ3) is 3.73. The van der Waals surface area contributed by atoms with Crippen LogP contribution >= 0.6 is 0 Å². The molecule has 6 rings (SSSR count). The van der Waals surface area contributed by atoms with Crippen LogP contribution < -0.4 is 15.5 Å². The first-order chi connectivity index (χ1) is 17.1. The number of benzene rings is 2. The molecule has 2 aromatic carbocycles. The molecule has 7 nitrogen and oxygen atoms in total. The fourth-order valence-corrected chi connectivity index (χ4v) is 6.20. The molecule has 2 N–H and O–H groups in total. The molecule has 7 heteroatoms. The van der Waals surface area contributed by atoms with E-state index in [1.54, 1.807) is 13.3 Å². The standard InChI is InChI=1S/C28H32N6O/c1-17-9-22-20(10-23(17)32-24-12-30-13-27(24)35-3)15-34-18(2)14-33(16-26(22)34)25-7-6-19(11-29)28-21(25)5-4-8-31-28/h4-10,18,24,26-27,30,32H,12-16H2,1-3H3/t18-,24-,26-,27?/m1/s1. The maximum absolute atomic E-state index is 9.55. The van der Waals surface area contributed by atoms with Crippen LogP contribution in [-0.4, -0.2) is 61.4 Å². The maximum atomic E-state index is 9.55. The third-order valence-electron chi connectivity index (χ3n) is 8.05. The molecule has 4 atom stereocenters. The molecule has 3 aromatic rings. The third-order valence-corrected chi connectivity index (χ3v) is 8.05. The predicted octanol–water partition coefficient (Wildman–Crippen LogP) is 3.58. The summed E-state index contributed by atoms with van der Waals surface area (Å²) in [4.78, 5) is 9.65. The summed E-state index contributed by atoms with van der Waals surface area (Å²) in [6, 6.07) is 16.2. The van der Waals surface area contributed by atoms with Crippen molar-refractivity contribution in [3.63, 3.8) is 0 Å². The number of nitrogens with zero attached hydrogens (tertiary/aromatic N) is 4. The predicted molar refractivity (Wildman–Crippen MR) is 139 cm³/mol. The van der Waals surface area contributed by atoms with E-state index in [0.29, 0.717) is 17.6 Å². The second-order valence-corrected chi connectivity index (χ2v) is 10.1. The van der Waals surface area contributed by atoms with Gasteiger partial charge in [0.25, 0.3) is 0 Å². The molecular weight excluding hydrogens is 436 g/mol. The Morgan fingerprint density at radius 2 is 2.09 bits per heavy atom. The number of fused-ring (bicyclic) bond motifs is 4. The molecule has 2 saturated heterocycles. The summed E-state index contributed by atoms with van der Waals surface area (Å²) in [6.45, 7) is 9.21. The van der Waals surface area contributed by atoms with E-state index in [2.05, 4.69) is 69.6 Å². The lowest BCUT2D eigenvalue weighted by Gasteiger charge is -2.44. The number of methoxy groups -OCH3 is 1. The fraction of sp³-hybridized carbons (Fsp3) is 0.429. The van der Waals surface area contributed by atoms with Crippen molar-refractivity contribution in [1.82, 2.24) is 15.2 Å². The lowest BCUT2D eigenvalue weighted by Crippen LogP contribution is -2.51. The first kappa shape index (κ1) is 22.3. The summed E-state index contributed by atoms with van der Waals surface area (Å²) in [7, 11) is 1.79. The van der Waals surface area contributed by atoms with Crippen LogP contribution in [-0.2, 0) is 11.3 Å². The Hall–Kier alpha value is -3.18. The van der Waals surface area contributed by atoms with Crippen molar-refractivity contribution in [3.05, 3.63) is 64.8 Å². The second-order valence-electron chi connectivity index (χ2n) is 10.1. The number of anilines is 2. The van der Waals surface area contributed by atoms with Crippen LogP contribution in [0.5, 0.6) is 0 Å². The van der Waals surface area contributed by atoms with Gasteiger partial charge in [-0.05, 0) is 60.9 Å². The van der Waals surface area contributed by atoms with Gasteiger partial charge in [0.1, 0.15) is 6.07 Å². The molecule has 3 aliphatic rings. The Morgan fingerprint density at radius 1 is 1.20 bits per heavy atom. The van der Waals surface area contributed by atoms with Gasteiger partial charge in [-0.15, -0.1) is 0 Å². The van der Waals surface area contributed by atoms with Gasteiger partial charge in [0.2, 0.25) is 0 Å². The Kier molecular flexibility index (Phi) is 5.60. The average Bonchev–Trinajstić information content (AvgIpc) is 3.47. The number of aryl methyl sites for hydroxylation is 1. The zero-order valence-corrected chi connectivity index (χ0v) is 20.6. The minimum atomic E-state index is 0.194. The first-order valence-corrected chi connectivity index (χ1v) is 12.5. The fourth-order valence-electron chi connectivity index (χ4n) is 6.20. The number of hydrogen-bond donors (Lipinski definition) is 2. The number of piperazine rings is 1. The van der Waals surface area contributed by atoms with Gasteiger partial charge < -0.3 is 20.3 Å². The van der Waals surface area contributed by atoms with Gasteiger partial charge in [0.15, 0.2) is 0 Å². The largest absolute Gasteiger partial charge is 0.378 e. The van der Waals surface area contributed by atoms with Crippen LogP contribution in [0.3, 0.4) is 0 Å². The van der Waals surface area contributed by atoms with Crippen molar-refractivity contribution in [2.24, 2.45) is 0 Å². The zero-order valence-electron chi connectivity index (χ0n) is 20.6. The van der Waals surface area contributed by atoms with Crippen molar-refractivity contribution in [1.29, 1.82) is 5.26 Å². The molecule has 0 bridgehead atoms. The SMILES string of the molecule is COC1CNC[C@H]1Nc1cc2c(cc1C)[C@H]1CN(c3ccc(C#N)c4ncccc34)C[C@@H](C)N1C2. The number of aromatic nitrogens is 1. The van der Waals surface area contributed by atoms with E-state index in [1.165, 1.54) is 28.1 Å². The van der Waals surface area contributed by atoms with Crippen molar-refractivity contribution in [2.75, 3.05) is 43.5 Å². The molecule has 35 heavy (non-hydrogen) atoms. The van der Waals surface area contributed by atoms with Gasteiger partial charge >= 0.3 is 0 Å². The molecule has 1 aromatic heterocycles. The smallest absolute Gasteiger partial charge is 0.101 e. The Labute approximate surface area is 206 Å². The highest BCUT2D eigenvalue weighted by atomic mass is 16.5. The normalized spacial score (nSPS) is 25.9. The van der Waals surface area contributed by atoms with Gasteiger partial charge in [-0.2, -0.15) is 5.26 Å². The zero-order chi connectivity index (χ0) is 24.1. The molecule has 180 valence electrons. The molecule has 0 amide bonds. The number of nitriles is 1. The van der Waals surface area contributed by atoms with E-state index in [4.69, 9.17) is 4.74 Å². The summed E-state index contributed by atoms with van der Waals surface area (Å²) in [6.07, 6.45) is 1.96. The number of rotatable bonds is 4. The van der Waals surface area contributed by atoms with Crippen molar-refractivity contribution in [2.45, 2.75) is 44.6 Å². The van der Waals surface area contributed by atoms with Crippen LogP contribution in [0.2, 0.25) is 0 Å². The van der Waals surface area contributed by atoms with Gasteiger partial charge in [0.05, 0.1) is 29.3 Å². The van der Waals surface area contributed by atoms with E-state index in [1.807, 2.05) is 12.1 Å². The average molecular weight is 469 g/mol. The quantitative estimate of drug-likeness (QED) is 0.606. The summed E-state index contributed by atoms with van der Waals surface area (Å²) >= 11 is 0. The lowest BCUT2D eigenvalue weighted by atomic mass is 9.97. The van der Waals surface area contributed by atoms with Gasteiger partial charge in [-0.3, -0.25) is 9.88 Å². The van der Waals surface area contributed by atoms with Crippen molar-refractivity contribution >= 4 is 22.3 Å². The molecule has 2 fully saturated rings. The number of ether oxygens (including phenoxy) is 1. The molecule has 0 saturated carbocycles. The van der Waals surface area contributed by atoms with Crippen LogP contribution in [0.15, 0.2) is 42.6 Å². The van der Waals surface area contributed by atoms with E-state index in [0.717, 1.165) is 43.6 Å². The Morgan fingerprint density at radius 3 is 2.91 bits per heavy atom. The topological polar surface area (TPSA) is 76.5 Å². The van der Waals surface area contributed by atoms with Gasteiger partial charge in [-0.1, -0.05) is 6.07 Å². The molecule has 1 unspecified atom stereocenters. The van der Waals surface area contributed by atoms with Crippen LogP contribution in [0.25, 0.3) is 10.9 Å². The summed E-state index contributed by atoms with van der Waals surface area (Å²) < 4.78 is 5.66. The Bertz CT molecular complexity index is 1320. The molecule has 0 spiro atoms. The number of nitrogens with one attached hydrogen (secondary N) is 2. The van der Waals surface area contributed by atoms with Crippen LogP contribution in [0, 0.1) is 18.3 Å². The minimum absolute atomic E-state index is 0.194. The maximum Gasteiger partial charge on any atom is 0.101 e. The highest BCUT2D eigenvalue weighted by Crippen LogP contribution is 2.43. The first-order valence-electron chi connectivity index (χ1n) is 12.5. The van der Waals surface area contributed by atoms with E-state index >= 15 is 0 Å². The Balaban J connectivity index is 1.31. The molecular formula is C28H32N6O. The van der Waals surface area contributed by atoms with Crippen LogP contribution in [0.1, 0.15) is 35.2 Å². The van der Waals surface area contributed by atoms with Crippen molar-refractivity contribution < 1.29 is 4.74 Å². The van der Waals surface area contributed by atoms with E-state index < -0.39 is 0 Å². The molecule has 0 radical (unpaired) electrons. The second kappa shape index (κ2) is 8.80.